The van der Waals surface area contributed by atoms with Crippen molar-refractivity contribution in [3.8, 4) is 0 Å². The zero-order valence-corrected chi connectivity index (χ0v) is 7.31. The molecule has 6 heteroatoms. The zero-order chi connectivity index (χ0) is 10.8. The van der Waals surface area contributed by atoms with Crippen LogP contribution in [-0.4, -0.2) is 31.3 Å². The highest BCUT2D eigenvalue weighted by Crippen LogP contribution is 2.30. The number of ether oxygens (including phenoxy) is 1. The third-order valence-corrected chi connectivity index (χ3v) is 2.19. The predicted molar refractivity (Wildman–Crippen MR) is 39.5 cm³/mol. The summed E-state index contributed by atoms with van der Waals surface area (Å²) in [5.41, 5.74) is 0. The van der Waals surface area contributed by atoms with Crippen LogP contribution in [-0.2, 0) is 9.53 Å². The standard InChI is InChI=1S/C8H10F4O2/c9-7(10)8(11,12)6(13)5-1-3-14-4-2-5/h5,7H,1-4H2. The van der Waals surface area contributed by atoms with Crippen molar-refractivity contribution in [1.29, 1.82) is 0 Å². The molecule has 0 unspecified atom stereocenters. The fourth-order valence-electron chi connectivity index (χ4n) is 1.34. The number of carbonyl (C=O) groups excluding carboxylic acids is 1. The summed E-state index contributed by atoms with van der Waals surface area (Å²) in [6.45, 7) is 0.353. The molecule has 0 spiro atoms. The van der Waals surface area contributed by atoms with Crippen LogP contribution < -0.4 is 0 Å². The molecule has 0 bridgehead atoms. The maximum atomic E-state index is 12.6. The summed E-state index contributed by atoms with van der Waals surface area (Å²) in [7, 11) is 0. The lowest BCUT2D eigenvalue weighted by Crippen LogP contribution is -2.42. The zero-order valence-electron chi connectivity index (χ0n) is 7.31. The van der Waals surface area contributed by atoms with Gasteiger partial charge in [0.05, 0.1) is 0 Å². The molecule has 0 radical (unpaired) electrons. The second kappa shape index (κ2) is 4.25. The monoisotopic (exact) mass is 214 g/mol. The van der Waals surface area contributed by atoms with Crippen LogP contribution in [0.4, 0.5) is 17.6 Å². The van der Waals surface area contributed by atoms with Crippen molar-refractivity contribution < 1.29 is 27.1 Å². The molecule has 0 aromatic carbocycles. The van der Waals surface area contributed by atoms with E-state index in [1.54, 1.807) is 0 Å². The van der Waals surface area contributed by atoms with Crippen molar-refractivity contribution in [2.75, 3.05) is 13.2 Å². The Morgan fingerprint density at radius 3 is 2.21 bits per heavy atom. The molecule has 1 aliphatic heterocycles. The van der Waals surface area contributed by atoms with Crippen molar-refractivity contribution in [1.82, 2.24) is 0 Å². The molecule has 1 saturated heterocycles. The van der Waals surface area contributed by atoms with E-state index in [4.69, 9.17) is 4.74 Å². The Balaban J connectivity index is 2.63. The summed E-state index contributed by atoms with van der Waals surface area (Å²) < 4.78 is 53.6. The third-order valence-electron chi connectivity index (χ3n) is 2.19. The molecule has 1 fully saturated rings. The van der Waals surface area contributed by atoms with Gasteiger partial charge in [0.1, 0.15) is 0 Å². The molecule has 0 N–H and O–H groups in total. The molecule has 0 atom stereocenters. The number of alkyl halides is 4. The summed E-state index contributed by atoms with van der Waals surface area (Å²) in [5, 5.41) is 0. The summed E-state index contributed by atoms with van der Waals surface area (Å²) in [6, 6.07) is 0. The fraction of sp³-hybridized carbons (Fsp3) is 0.875. The molecule has 2 nitrogen and oxygen atoms in total. The molecule has 1 rings (SSSR count). The number of ketones is 1. The quantitative estimate of drug-likeness (QED) is 0.670. The number of rotatable bonds is 3. The summed E-state index contributed by atoms with van der Waals surface area (Å²) in [6.07, 6.45) is -3.72. The molecule has 1 aliphatic rings. The lowest BCUT2D eigenvalue weighted by molar-refractivity contribution is -0.173. The molecule has 0 aliphatic carbocycles. The maximum Gasteiger partial charge on any atom is 0.364 e. The van der Waals surface area contributed by atoms with E-state index in [2.05, 4.69) is 0 Å². The van der Waals surface area contributed by atoms with E-state index in [1.165, 1.54) is 0 Å². The van der Waals surface area contributed by atoms with E-state index in [1.807, 2.05) is 0 Å². The Kier molecular flexibility index (Phi) is 3.47. The average molecular weight is 214 g/mol. The van der Waals surface area contributed by atoms with Crippen molar-refractivity contribution in [2.45, 2.75) is 25.2 Å². The Morgan fingerprint density at radius 1 is 1.29 bits per heavy atom. The lowest BCUT2D eigenvalue weighted by atomic mass is 9.92. The van der Waals surface area contributed by atoms with Gasteiger partial charge in [-0.3, -0.25) is 4.79 Å². The van der Waals surface area contributed by atoms with Gasteiger partial charge in [-0.1, -0.05) is 0 Å². The van der Waals surface area contributed by atoms with Gasteiger partial charge in [-0.2, -0.15) is 8.78 Å². The van der Waals surface area contributed by atoms with Crippen LogP contribution >= 0.6 is 0 Å². The van der Waals surface area contributed by atoms with E-state index >= 15 is 0 Å². The molecule has 1 heterocycles. The van der Waals surface area contributed by atoms with E-state index < -0.39 is 24.0 Å². The lowest BCUT2D eigenvalue weighted by Gasteiger charge is -2.24. The Bertz CT molecular complexity index is 211. The topological polar surface area (TPSA) is 26.3 Å². The first-order valence-corrected chi connectivity index (χ1v) is 4.24. The van der Waals surface area contributed by atoms with E-state index in [-0.39, 0.29) is 26.1 Å². The van der Waals surface area contributed by atoms with Crippen LogP contribution in [0.25, 0.3) is 0 Å². The molecule has 82 valence electrons. The number of Topliss-reactive ketones (excluding diaryl/α,β-unsaturated/α-hetero) is 1. The first-order chi connectivity index (χ1) is 6.46. The number of halogens is 4. The van der Waals surface area contributed by atoms with Crippen molar-refractivity contribution >= 4 is 5.78 Å². The van der Waals surface area contributed by atoms with Crippen LogP contribution in [0.1, 0.15) is 12.8 Å². The average Bonchev–Trinajstić information content (AvgIpc) is 2.17. The normalized spacial score (nSPS) is 20.1. The molecular weight excluding hydrogens is 204 g/mol. The van der Waals surface area contributed by atoms with Gasteiger partial charge < -0.3 is 4.74 Å². The summed E-state index contributed by atoms with van der Waals surface area (Å²) >= 11 is 0. The van der Waals surface area contributed by atoms with Gasteiger partial charge in [0.2, 0.25) is 5.78 Å². The van der Waals surface area contributed by atoms with Gasteiger partial charge in [-0.05, 0) is 12.8 Å². The molecule has 14 heavy (non-hydrogen) atoms. The van der Waals surface area contributed by atoms with Gasteiger partial charge in [0, 0.05) is 19.1 Å². The van der Waals surface area contributed by atoms with Gasteiger partial charge in [0.15, 0.2) is 0 Å². The molecular formula is C8H10F4O2. The third kappa shape index (κ3) is 2.23. The van der Waals surface area contributed by atoms with Gasteiger partial charge in [0.25, 0.3) is 0 Å². The fourth-order valence-corrected chi connectivity index (χ4v) is 1.34. The first-order valence-electron chi connectivity index (χ1n) is 4.24. The Hall–Kier alpha value is -0.650. The minimum atomic E-state index is -4.51. The molecule has 0 amide bonds. The van der Waals surface area contributed by atoms with Crippen molar-refractivity contribution in [2.24, 2.45) is 5.92 Å². The molecule has 0 saturated carbocycles. The van der Waals surface area contributed by atoms with Gasteiger partial charge in [-0.15, -0.1) is 0 Å². The van der Waals surface area contributed by atoms with Gasteiger partial charge in [-0.25, -0.2) is 8.78 Å². The molecule has 0 aromatic heterocycles. The summed E-state index contributed by atoms with van der Waals surface area (Å²) in [5.74, 6) is -7.16. The Morgan fingerprint density at radius 2 is 1.79 bits per heavy atom. The van der Waals surface area contributed by atoms with Gasteiger partial charge >= 0.3 is 12.3 Å². The van der Waals surface area contributed by atoms with Crippen LogP contribution in [0.3, 0.4) is 0 Å². The Labute approximate surface area is 78.2 Å². The molecule has 0 aromatic rings. The second-order valence-electron chi connectivity index (χ2n) is 3.17. The largest absolute Gasteiger partial charge is 0.381 e. The highest BCUT2D eigenvalue weighted by molar-refractivity contribution is 5.88. The first kappa shape index (κ1) is 11.4. The second-order valence-corrected chi connectivity index (χ2v) is 3.17. The predicted octanol–water partition coefficient (Wildman–Crippen LogP) is 1.88. The smallest absolute Gasteiger partial charge is 0.364 e. The highest BCUT2D eigenvalue weighted by atomic mass is 19.3. The van der Waals surface area contributed by atoms with E-state index in [9.17, 15) is 22.4 Å². The highest BCUT2D eigenvalue weighted by Gasteiger charge is 2.51. The van der Waals surface area contributed by atoms with Crippen molar-refractivity contribution in [3.63, 3.8) is 0 Å². The minimum absolute atomic E-state index is 0.0984. The minimum Gasteiger partial charge on any atom is -0.381 e. The maximum absolute atomic E-state index is 12.6. The van der Waals surface area contributed by atoms with Crippen LogP contribution in [0.15, 0.2) is 0 Å². The SMILES string of the molecule is O=C(C1CCOCC1)C(F)(F)C(F)F. The number of hydrogen-bond acceptors (Lipinski definition) is 2. The van der Waals surface area contributed by atoms with Crippen LogP contribution in [0.2, 0.25) is 0 Å². The van der Waals surface area contributed by atoms with E-state index in [0.29, 0.717) is 0 Å². The summed E-state index contributed by atoms with van der Waals surface area (Å²) in [4.78, 5) is 11.0. The number of hydrogen-bond donors (Lipinski definition) is 0. The van der Waals surface area contributed by atoms with Crippen molar-refractivity contribution in [3.05, 3.63) is 0 Å². The van der Waals surface area contributed by atoms with E-state index in [0.717, 1.165) is 0 Å². The number of carbonyl (C=O) groups is 1. The van der Waals surface area contributed by atoms with Crippen LogP contribution in [0.5, 0.6) is 0 Å². The van der Waals surface area contributed by atoms with Crippen LogP contribution in [0, 0.1) is 5.92 Å².